The van der Waals surface area contributed by atoms with E-state index in [0.29, 0.717) is 0 Å². The van der Waals surface area contributed by atoms with Gasteiger partial charge in [0.05, 0.1) is 0 Å². The van der Waals surface area contributed by atoms with Crippen LogP contribution in [0.3, 0.4) is 0 Å². The Kier molecular flexibility index (Phi) is 9.79. The minimum atomic E-state index is 0. The van der Waals surface area contributed by atoms with E-state index in [-0.39, 0.29) is 46.5 Å². The Bertz CT molecular complexity index is 1150. The average Bonchev–Trinajstić information content (AvgIpc) is 3.54. The Morgan fingerprint density at radius 1 is 0.581 bits per heavy atom. The van der Waals surface area contributed by atoms with E-state index in [9.17, 15) is 0 Å². The second-order valence-corrected chi connectivity index (χ2v) is 8.51. The maximum Gasteiger partial charge on any atom is 4.00 e. The van der Waals surface area contributed by atoms with Crippen molar-refractivity contribution in [1.29, 1.82) is 0 Å². The van der Waals surface area contributed by atoms with E-state index in [2.05, 4.69) is 118 Å². The Labute approximate surface area is 212 Å². The number of halogens is 2. The molecule has 0 aliphatic heterocycles. The molecule has 152 valence electrons. The molecule has 2 aromatic heterocycles. The van der Waals surface area contributed by atoms with E-state index in [4.69, 9.17) is 0 Å². The van der Waals surface area contributed by atoms with Gasteiger partial charge in [0.15, 0.2) is 0 Å². The second-order valence-electron chi connectivity index (χ2n) is 6.59. The van der Waals surface area contributed by atoms with Crippen LogP contribution in [-0.2, 0) is 21.7 Å². The monoisotopic (exact) mass is 514 g/mol. The van der Waals surface area contributed by atoms with Crippen LogP contribution in [0.5, 0.6) is 0 Å². The zero-order valence-electron chi connectivity index (χ0n) is 16.4. The van der Waals surface area contributed by atoms with Crippen molar-refractivity contribution in [2.45, 2.75) is 0 Å². The average molecular weight is 515 g/mol. The molecular weight excluding hydrogens is 497 g/mol. The van der Waals surface area contributed by atoms with Crippen LogP contribution >= 0.6 is 16.7 Å². The molecule has 0 fully saturated rings. The maximum atomic E-state index is 2.23. The molecular formula is C24H18Cl2N2P2Ti. The molecule has 0 saturated carbocycles. The molecule has 0 spiro atoms. The normalized spacial score (nSPS) is 10.3. The zero-order valence-corrected chi connectivity index (χ0v) is 21.3. The number of benzene rings is 2. The van der Waals surface area contributed by atoms with Gasteiger partial charge < -0.3 is 33.5 Å². The van der Waals surface area contributed by atoms with Crippen LogP contribution in [0.15, 0.2) is 109 Å². The third kappa shape index (κ3) is 5.79. The third-order valence-corrected chi connectivity index (χ3v) is 6.58. The number of hydrogen-bond donors (Lipinski definition) is 0. The van der Waals surface area contributed by atoms with Crippen LogP contribution in [0.4, 0.5) is 0 Å². The molecule has 6 rings (SSSR count). The summed E-state index contributed by atoms with van der Waals surface area (Å²) in [5, 5.41) is 5.27. The minimum Gasteiger partial charge on any atom is -1.00 e. The quantitative estimate of drug-likeness (QED) is 0.247. The summed E-state index contributed by atoms with van der Waals surface area (Å²) in [5.74, 6) is 4.27. The van der Waals surface area contributed by atoms with Gasteiger partial charge in [0.2, 0.25) is 0 Å². The van der Waals surface area contributed by atoms with Gasteiger partial charge in [-0.2, -0.15) is 0 Å². The van der Waals surface area contributed by atoms with Crippen LogP contribution in [0.1, 0.15) is 0 Å². The summed E-state index contributed by atoms with van der Waals surface area (Å²) in [6.07, 6.45) is 4.21. The molecule has 0 bridgehead atoms. The van der Waals surface area contributed by atoms with Gasteiger partial charge in [0, 0.05) is 29.1 Å². The van der Waals surface area contributed by atoms with Crippen molar-refractivity contribution in [3.05, 3.63) is 109 Å². The molecule has 2 nitrogen and oxygen atoms in total. The molecule has 31 heavy (non-hydrogen) atoms. The molecule has 0 amide bonds. The summed E-state index contributed by atoms with van der Waals surface area (Å²) in [6.45, 7) is 0. The number of rotatable bonds is 2. The van der Waals surface area contributed by atoms with Crippen molar-refractivity contribution in [3.8, 4) is 11.4 Å². The number of nitrogens with zero attached hydrogens (tertiary/aromatic N) is 2. The van der Waals surface area contributed by atoms with Crippen LogP contribution in [0.2, 0.25) is 0 Å². The fraction of sp³-hybridized carbons (Fsp3) is 0. The van der Waals surface area contributed by atoms with E-state index in [0.717, 1.165) is 0 Å². The number of aromatic nitrogens is 2. The van der Waals surface area contributed by atoms with Crippen molar-refractivity contribution in [1.82, 2.24) is 8.66 Å². The summed E-state index contributed by atoms with van der Waals surface area (Å²) in [4.78, 5) is 0. The van der Waals surface area contributed by atoms with E-state index < -0.39 is 0 Å². The predicted octanol–water partition coefficient (Wildman–Crippen LogP) is 1.86. The summed E-state index contributed by atoms with van der Waals surface area (Å²) < 4.78 is 4.44. The largest absolute Gasteiger partial charge is 4.00 e. The van der Waals surface area contributed by atoms with Gasteiger partial charge in [0.25, 0.3) is 0 Å². The number of hydrogen-bond acceptors (Lipinski definition) is 0. The SMILES string of the molecule is [Cl-].[Cl-].[Ti+4].c1ccc2[cH-]c(-n3cccp3)cc2c1.c1ccc2[cH-]c(-n3cccp3)cc2c1. The standard InChI is InChI=1S/2C12H9NP.2ClH.Ti/c2*1-2-5-11-9-12(8-10(11)4-1)13-6-3-7-14-13;;;/h2*1-9H;2*1H;/q2*-1;;;+4/p-2. The van der Waals surface area contributed by atoms with Crippen molar-refractivity contribution in [3.63, 3.8) is 0 Å². The van der Waals surface area contributed by atoms with E-state index in [1.54, 1.807) is 0 Å². The zero-order chi connectivity index (χ0) is 18.8. The molecule has 0 aliphatic carbocycles. The van der Waals surface area contributed by atoms with E-state index in [1.807, 2.05) is 0 Å². The van der Waals surface area contributed by atoms with E-state index >= 15 is 0 Å². The topological polar surface area (TPSA) is 9.86 Å². The first-order valence-electron chi connectivity index (χ1n) is 9.18. The Balaban J connectivity index is 0.000000201. The summed E-state index contributed by atoms with van der Waals surface area (Å²) in [5.41, 5.74) is 2.55. The Hall–Kier alpha value is -1.63. The molecule has 6 aromatic rings. The molecule has 0 N–H and O–H groups in total. The van der Waals surface area contributed by atoms with Crippen LogP contribution in [-0.4, -0.2) is 8.66 Å². The maximum absolute atomic E-state index is 2.23. The first-order valence-corrected chi connectivity index (χ1v) is 11.0. The minimum absolute atomic E-state index is 0. The summed E-state index contributed by atoms with van der Waals surface area (Å²) >= 11 is 0. The van der Waals surface area contributed by atoms with Crippen molar-refractivity contribution >= 4 is 38.2 Å². The second kappa shape index (κ2) is 11.8. The van der Waals surface area contributed by atoms with Crippen LogP contribution in [0, 0.1) is 0 Å². The molecule has 7 heteroatoms. The summed E-state index contributed by atoms with van der Waals surface area (Å²) in [6, 6.07) is 30.0. The molecule has 0 saturated heterocycles. The fourth-order valence-electron chi connectivity index (χ4n) is 3.38. The Morgan fingerprint density at radius 2 is 1.00 bits per heavy atom. The summed E-state index contributed by atoms with van der Waals surface area (Å²) in [7, 11) is 2.47. The molecule has 0 unspecified atom stereocenters. The first-order chi connectivity index (χ1) is 13.9. The van der Waals surface area contributed by atoms with Gasteiger partial charge >= 0.3 is 21.7 Å². The Morgan fingerprint density at radius 3 is 1.35 bits per heavy atom. The first kappa shape index (κ1) is 25.6. The van der Waals surface area contributed by atoms with Crippen molar-refractivity contribution in [2.75, 3.05) is 0 Å². The molecule has 2 heterocycles. The predicted molar refractivity (Wildman–Crippen MR) is 123 cm³/mol. The van der Waals surface area contributed by atoms with Crippen molar-refractivity contribution < 1.29 is 46.5 Å². The molecule has 0 aliphatic rings. The van der Waals surface area contributed by atoms with Gasteiger partial charge in [-0.3, -0.25) is 0 Å². The smallest absolute Gasteiger partial charge is 1.00 e. The van der Waals surface area contributed by atoms with Crippen LogP contribution < -0.4 is 24.8 Å². The molecule has 0 atom stereocenters. The molecule has 4 aromatic carbocycles. The van der Waals surface area contributed by atoms with Crippen molar-refractivity contribution in [2.24, 2.45) is 0 Å². The van der Waals surface area contributed by atoms with E-state index in [1.165, 1.54) is 49.6 Å². The van der Waals surface area contributed by atoms with Crippen LogP contribution in [0.25, 0.3) is 32.9 Å². The third-order valence-electron chi connectivity index (χ3n) is 4.74. The van der Waals surface area contributed by atoms with Gasteiger partial charge in [0.1, 0.15) is 0 Å². The van der Waals surface area contributed by atoms with Gasteiger partial charge in [-0.05, 0) is 35.1 Å². The van der Waals surface area contributed by atoms with Gasteiger partial charge in [-0.1, -0.05) is 12.1 Å². The fourth-order valence-corrected chi connectivity index (χ4v) is 4.78. The van der Waals surface area contributed by atoms with Gasteiger partial charge in [-0.15, -0.1) is 82.2 Å². The molecule has 0 radical (unpaired) electrons. The van der Waals surface area contributed by atoms with Gasteiger partial charge in [-0.25, -0.2) is 0 Å². The number of fused-ring (bicyclic) bond motifs is 2.